The van der Waals surface area contributed by atoms with Gasteiger partial charge in [-0.05, 0) is 108 Å². The number of methoxy groups -OCH3 is 4. The fourth-order valence-electron chi connectivity index (χ4n) is 7.09. The van der Waals surface area contributed by atoms with Crippen molar-refractivity contribution in [2.75, 3.05) is 28.4 Å². The van der Waals surface area contributed by atoms with Crippen LogP contribution in [0.15, 0.2) is 182 Å². The number of rotatable bonds is 18. The smallest absolute Gasteiger partial charge is 0.347 e. The summed E-state index contributed by atoms with van der Waals surface area (Å²) in [5, 5.41) is 0. The van der Waals surface area contributed by atoms with Gasteiger partial charge in [0, 0.05) is 35.4 Å². The van der Waals surface area contributed by atoms with E-state index in [0.29, 0.717) is 45.6 Å². The average Bonchev–Trinajstić information content (AvgIpc) is 3.44. The maximum absolute atomic E-state index is 13.2. The zero-order valence-corrected chi connectivity index (χ0v) is 40.5. The summed E-state index contributed by atoms with van der Waals surface area (Å²) in [5.74, 6) is 6.32. The minimum Gasteiger partial charge on any atom is -0.496 e. The van der Waals surface area contributed by atoms with Gasteiger partial charge in [-0.1, -0.05) is 72.5 Å². The van der Waals surface area contributed by atoms with Gasteiger partial charge in [0.15, 0.2) is 23.0 Å². The van der Waals surface area contributed by atoms with Crippen molar-refractivity contribution in [3.8, 4) is 69.3 Å². The van der Waals surface area contributed by atoms with Gasteiger partial charge in [-0.25, -0.2) is 19.2 Å². The summed E-state index contributed by atoms with van der Waals surface area (Å²) in [6.45, 7) is 0.568. The maximum Gasteiger partial charge on any atom is 0.347 e. The van der Waals surface area contributed by atoms with Crippen LogP contribution in [-0.4, -0.2) is 52.3 Å². The summed E-state index contributed by atoms with van der Waals surface area (Å²) in [4.78, 5) is 52.5. The molecule has 0 heterocycles. The first-order chi connectivity index (χ1) is 36.1. The zero-order valence-electron chi connectivity index (χ0n) is 40.5. The maximum atomic E-state index is 13.2. The van der Waals surface area contributed by atoms with Crippen LogP contribution in [0.4, 0.5) is 0 Å². The van der Waals surface area contributed by atoms with Gasteiger partial charge in [-0.15, -0.1) is 0 Å². The van der Waals surface area contributed by atoms with E-state index in [9.17, 15) is 19.2 Å². The minimum absolute atomic E-state index is 0.115. The zero-order chi connectivity index (χ0) is 51.8. The highest BCUT2D eigenvalue weighted by Crippen LogP contribution is 2.38. The second-order valence-corrected chi connectivity index (χ2v) is 15.9. The number of benzene rings is 8. The van der Waals surface area contributed by atoms with Crippen molar-refractivity contribution < 1.29 is 66.5 Å². The second kappa shape index (κ2) is 24.2. The summed E-state index contributed by atoms with van der Waals surface area (Å²) >= 11 is 0. The predicted molar refractivity (Wildman–Crippen MR) is 272 cm³/mol. The van der Waals surface area contributed by atoms with Crippen molar-refractivity contribution in [3.05, 3.63) is 226 Å². The van der Waals surface area contributed by atoms with E-state index in [-0.39, 0.29) is 58.5 Å². The highest BCUT2D eigenvalue weighted by atomic mass is 16.6. The standard InChI is InChI=1S/C60H46O14/c1-65-51-35-55(69-37-41-11-7-5-8-12-41)53(67-3)33-49(51)59(63)73-47-29-21-43(22-30-47)57(61)71-45-25-17-39(18-26-45)15-16-40-19-27-46(28-20-40)72-58(62)44-23-31-48(32-24-44)74-60(64)50-34-54(68-4)56(36-52(50)66-2)70-38-42-13-9-6-10-14-42/h5-14,17-36H,37-38H2,1-4H3. The lowest BCUT2D eigenvalue weighted by Gasteiger charge is -2.15. The highest BCUT2D eigenvalue weighted by Gasteiger charge is 2.23. The number of ether oxygens (including phenoxy) is 10. The third kappa shape index (κ3) is 13.0. The molecule has 8 aromatic carbocycles. The SMILES string of the molecule is COc1cc(C(=O)Oc2ccc(C(=O)Oc3ccc(C#Cc4ccc(OC(=O)c5ccc(OC(=O)c6cc(OC)c(OCc7ccccc7)cc6OC)cc5)cc4)cc3)cc2)c(OC)cc1OCc1ccccc1. The van der Waals surface area contributed by atoms with Crippen molar-refractivity contribution in [1.29, 1.82) is 0 Å². The lowest BCUT2D eigenvalue weighted by atomic mass is 10.1. The van der Waals surface area contributed by atoms with Gasteiger partial charge in [0.2, 0.25) is 0 Å². The molecule has 0 aliphatic rings. The summed E-state index contributed by atoms with van der Waals surface area (Å²) in [7, 11) is 5.80. The third-order valence-electron chi connectivity index (χ3n) is 11.0. The Kier molecular flexibility index (Phi) is 16.5. The molecule has 14 nitrogen and oxygen atoms in total. The molecule has 0 amide bonds. The highest BCUT2D eigenvalue weighted by molar-refractivity contribution is 5.96. The van der Waals surface area contributed by atoms with E-state index in [4.69, 9.17) is 47.4 Å². The van der Waals surface area contributed by atoms with Gasteiger partial charge in [0.05, 0.1) is 39.6 Å². The fourth-order valence-corrected chi connectivity index (χ4v) is 7.09. The largest absolute Gasteiger partial charge is 0.496 e. The van der Waals surface area contributed by atoms with Crippen LogP contribution in [0.2, 0.25) is 0 Å². The molecule has 74 heavy (non-hydrogen) atoms. The number of esters is 4. The summed E-state index contributed by atoms with van der Waals surface area (Å²) in [6, 6.07) is 50.5. The van der Waals surface area contributed by atoms with Crippen LogP contribution in [0.1, 0.15) is 63.7 Å². The van der Waals surface area contributed by atoms with Crippen LogP contribution in [-0.2, 0) is 13.2 Å². The molecular formula is C60H46O14. The molecule has 0 N–H and O–H groups in total. The predicted octanol–water partition coefficient (Wildman–Crippen LogP) is 11.2. The normalized spacial score (nSPS) is 10.4. The molecule has 14 heteroatoms. The van der Waals surface area contributed by atoms with Crippen molar-refractivity contribution in [1.82, 2.24) is 0 Å². The van der Waals surface area contributed by atoms with Crippen LogP contribution in [0, 0.1) is 11.8 Å². The fraction of sp³-hybridized carbons (Fsp3) is 0.100. The van der Waals surface area contributed by atoms with E-state index in [1.54, 1.807) is 60.7 Å². The minimum atomic E-state index is -0.704. The first-order valence-corrected chi connectivity index (χ1v) is 22.8. The molecule has 8 aromatic rings. The van der Waals surface area contributed by atoms with Gasteiger partial charge < -0.3 is 47.4 Å². The molecule has 0 unspecified atom stereocenters. The summed E-state index contributed by atoms with van der Waals surface area (Å²) in [6.07, 6.45) is 0. The average molecular weight is 991 g/mol. The summed E-state index contributed by atoms with van der Waals surface area (Å²) in [5.41, 5.74) is 3.91. The van der Waals surface area contributed by atoms with Gasteiger partial charge in [0.25, 0.3) is 0 Å². The number of hydrogen-bond donors (Lipinski definition) is 0. The Balaban J connectivity index is 0.799. The van der Waals surface area contributed by atoms with Crippen molar-refractivity contribution in [2.45, 2.75) is 13.2 Å². The number of carbonyl (C=O) groups is 4. The molecule has 8 rings (SSSR count). The van der Waals surface area contributed by atoms with E-state index in [1.807, 2.05) is 60.7 Å². The van der Waals surface area contributed by atoms with Gasteiger partial charge >= 0.3 is 23.9 Å². The first-order valence-electron chi connectivity index (χ1n) is 22.8. The summed E-state index contributed by atoms with van der Waals surface area (Å²) < 4.78 is 56.1. The Labute approximate surface area is 426 Å². The Morgan fingerprint density at radius 2 is 0.649 bits per heavy atom. The Hall–Kier alpha value is -10.0. The lowest BCUT2D eigenvalue weighted by molar-refractivity contribution is 0.0717. The number of carbonyl (C=O) groups excluding carboxylic acids is 4. The second-order valence-electron chi connectivity index (χ2n) is 15.9. The van der Waals surface area contributed by atoms with Crippen molar-refractivity contribution in [3.63, 3.8) is 0 Å². The lowest BCUT2D eigenvalue weighted by Crippen LogP contribution is -2.12. The molecule has 0 atom stereocenters. The molecule has 0 spiro atoms. The third-order valence-corrected chi connectivity index (χ3v) is 11.0. The molecule has 0 radical (unpaired) electrons. The van der Waals surface area contributed by atoms with E-state index in [2.05, 4.69) is 11.8 Å². The molecule has 370 valence electrons. The molecule has 0 saturated heterocycles. The van der Waals surface area contributed by atoms with E-state index < -0.39 is 23.9 Å². The van der Waals surface area contributed by atoms with Crippen LogP contribution < -0.4 is 47.4 Å². The van der Waals surface area contributed by atoms with Crippen LogP contribution in [0.3, 0.4) is 0 Å². The monoisotopic (exact) mass is 990 g/mol. The quantitative estimate of drug-likeness (QED) is 0.0454. The topological polar surface area (TPSA) is 161 Å². The Morgan fingerprint density at radius 3 is 0.973 bits per heavy atom. The molecule has 0 saturated carbocycles. The Morgan fingerprint density at radius 1 is 0.338 bits per heavy atom. The van der Waals surface area contributed by atoms with Crippen LogP contribution in [0.5, 0.6) is 57.5 Å². The van der Waals surface area contributed by atoms with E-state index in [1.165, 1.54) is 89.1 Å². The Bertz CT molecular complexity index is 3090. The van der Waals surface area contributed by atoms with Gasteiger partial charge in [-0.2, -0.15) is 0 Å². The molecule has 0 bridgehead atoms. The molecular weight excluding hydrogens is 945 g/mol. The molecule has 0 fully saturated rings. The molecule has 0 aromatic heterocycles. The molecule has 0 aliphatic heterocycles. The van der Waals surface area contributed by atoms with Gasteiger partial charge in [-0.3, -0.25) is 0 Å². The first kappa shape index (κ1) is 50.4. The molecule has 0 aliphatic carbocycles. The van der Waals surface area contributed by atoms with E-state index >= 15 is 0 Å². The van der Waals surface area contributed by atoms with Crippen LogP contribution >= 0.6 is 0 Å². The number of hydrogen-bond acceptors (Lipinski definition) is 14. The van der Waals surface area contributed by atoms with Gasteiger partial charge in [0.1, 0.15) is 58.8 Å². The van der Waals surface area contributed by atoms with E-state index in [0.717, 1.165) is 11.1 Å². The van der Waals surface area contributed by atoms with Crippen LogP contribution in [0.25, 0.3) is 0 Å². The van der Waals surface area contributed by atoms with Crippen molar-refractivity contribution in [2.24, 2.45) is 0 Å². The van der Waals surface area contributed by atoms with Crippen molar-refractivity contribution >= 4 is 23.9 Å².